The number of amides is 1. The molecular formula is C17H21N3O3. The summed E-state index contributed by atoms with van der Waals surface area (Å²) < 4.78 is 10.7. The summed E-state index contributed by atoms with van der Waals surface area (Å²) in [5.41, 5.74) is 7.36. The molecule has 6 heteroatoms. The molecule has 0 radical (unpaired) electrons. The lowest BCUT2D eigenvalue weighted by molar-refractivity contribution is -0.0813. The van der Waals surface area contributed by atoms with Crippen molar-refractivity contribution in [2.24, 2.45) is 5.73 Å². The molecule has 2 aromatic rings. The van der Waals surface area contributed by atoms with E-state index in [-0.39, 0.29) is 11.8 Å². The molecule has 122 valence electrons. The van der Waals surface area contributed by atoms with E-state index in [1.807, 2.05) is 45.0 Å². The Morgan fingerprint density at radius 1 is 1.26 bits per heavy atom. The Hall–Kier alpha value is -2.47. The Bertz CT molecular complexity index is 685. The van der Waals surface area contributed by atoms with Crippen LogP contribution in [0.1, 0.15) is 29.9 Å². The van der Waals surface area contributed by atoms with Gasteiger partial charge in [0.25, 0.3) is 5.91 Å². The Balaban J connectivity index is 0.000000924. The van der Waals surface area contributed by atoms with E-state index < -0.39 is 5.91 Å². The van der Waals surface area contributed by atoms with E-state index >= 15 is 0 Å². The summed E-state index contributed by atoms with van der Waals surface area (Å²) in [6.07, 6.45) is -0.0361. The first-order valence-electron chi connectivity index (χ1n) is 7.62. The van der Waals surface area contributed by atoms with Gasteiger partial charge in [-0.3, -0.25) is 4.79 Å². The summed E-state index contributed by atoms with van der Waals surface area (Å²) in [6.45, 7) is 7.02. The average molecular weight is 315 g/mol. The summed E-state index contributed by atoms with van der Waals surface area (Å²) in [4.78, 5) is 20.0. The normalized spacial score (nSPS) is 13.5. The molecule has 0 spiro atoms. The molecule has 0 bridgehead atoms. The highest BCUT2D eigenvalue weighted by Gasteiger charge is 2.22. The Morgan fingerprint density at radius 2 is 2.00 bits per heavy atom. The number of carbonyl (C=O) groups is 1. The maximum Gasteiger partial charge on any atom is 0.267 e. The van der Waals surface area contributed by atoms with Crippen molar-refractivity contribution in [2.75, 3.05) is 13.2 Å². The summed E-state index contributed by atoms with van der Waals surface area (Å²) in [5, 5.41) is 0. The molecule has 2 N–H and O–H groups in total. The fourth-order valence-electron chi connectivity index (χ4n) is 1.98. The first-order valence-corrected chi connectivity index (χ1v) is 7.62. The van der Waals surface area contributed by atoms with Gasteiger partial charge >= 0.3 is 0 Å². The van der Waals surface area contributed by atoms with Crippen molar-refractivity contribution in [2.45, 2.75) is 26.9 Å². The number of nitrogens with zero attached hydrogens (tertiary/aromatic N) is 2. The van der Waals surface area contributed by atoms with Crippen LogP contribution in [0.4, 0.5) is 0 Å². The zero-order valence-corrected chi connectivity index (χ0v) is 13.6. The van der Waals surface area contributed by atoms with Crippen LogP contribution in [-0.2, 0) is 4.74 Å². The van der Waals surface area contributed by atoms with E-state index in [0.717, 1.165) is 11.1 Å². The van der Waals surface area contributed by atoms with Gasteiger partial charge in [0.05, 0.1) is 13.2 Å². The SMILES string of the molecule is CC.Cc1cccc(-c2nc(OC3COC3)cc(C(N)=O)n2)c1. The highest BCUT2D eigenvalue weighted by molar-refractivity contribution is 5.91. The molecule has 1 aliphatic rings. The molecule has 1 aromatic heterocycles. The van der Waals surface area contributed by atoms with E-state index in [1.165, 1.54) is 6.07 Å². The van der Waals surface area contributed by atoms with Gasteiger partial charge in [0.15, 0.2) is 5.82 Å². The van der Waals surface area contributed by atoms with Gasteiger partial charge in [-0.05, 0) is 13.0 Å². The third kappa shape index (κ3) is 4.26. The fraction of sp³-hybridized carbons (Fsp3) is 0.353. The van der Waals surface area contributed by atoms with Gasteiger partial charge in [-0.25, -0.2) is 4.98 Å². The zero-order chi connectivity index (χ0) is 16.8. The van der Waals surface area contributed by atoms with Crippen LogP contribution < -0.4 is 10.5 Å². The minimum atomic E-state index is -0.610. The van der Waals surface area contributed by atoms with Gasteiger partial charge < -0.3 is 15.2 Å². The van der Waals surface area contributed by atoms with Gasteiger partial charge in [0, 0.05) is 11.6 Å². The van der Waals surface area contributed by atoms with Crippen LogP contribution in [0.25, 0.3) is 11.4 Å². The number of carbonyl (C=O) groups excluding carboxylic acids is 1. The zero-order valence-electron chi connectivity index (χ0n) is 13.6. The summed E-state index contributed by atoms with van der Waals surface area (Å²) in [7, 11) is 0. The van der Waals surface area contributed by atoms with Crippen LogP contribution in [0.15, 0.2) is 30.3 Å². The van der Waals surface area contributed by atoms with Crippen molar-refractivity contribution < 1.29 is 14.3 Å². The Labute approximate surface area is 135 Å². The van der Waals surface area contributed by atoms with Crippen LogP contribution in [0, 0.1) is 6.92 Å². The van der Waals surface area contributed by atoms with E-state index in [1.54, 1.807) is 0 Å². The lowest BCUT2D eigenvalue weighted by atomic mass is 10.1. The number of ether oxygens (including phenoxy) is 2. The monoisotopic (exact) mass is 315 g/mol. The maximum absolute atomic E-state index is 11.4. The number of primary amides is 1. The van der Waals surface area contributed by atoms with Crippen molar-refractivity contribution in [1.29, 1.82) is 0 Å². The third-order valence-electron chi connectivity index (χ3n) is 3.13. The molecule has 0 unspecified atom stereocenters. The molecule has 0 aliphatic carbocycles. The van der Waals surface area contributed by atoms with E-state index in [0.29, 0.717) is 24.9 Å². The number of benzene rings is 1. The molecule has 2 heterocycles. The van der Waals surface area contributed by atoms with Crippen LogP contribution in [0.5, 0.6) is 5.88 Å². The molecule has 1 aliphatic heterocycles. The number of rotatable bonds is 4. The molecule has 0 atom stereocenters. The van der Waals surface area contributed by atoms with Gasteiger partial charge in [-0.2, -0.15) is 4.98 Å². The van der Waals surface area contributed by atoms with Gasteiger partial charge in [0.1, 0.15) is 11.8 Å². The van der Waals surface area contributed by atoms with E-state index in [9.17, 15) is 4.79 Å². The minimum absolute atomic E-state index is 0.0361. The average Bonchev–Trinajstić information content (AvgIpc) is 2.52. The standard InChI is InChI=1S/C15H15N3O3.C2H6/c1-9-3-2-4-10(5-9)15-17-12(14(16)19)6-13(18-15)21-11-7-20-8-11;1-2/h2-6,11H,7-8H2,1H3,(H2,16,19);1-2H3. The smallest absolute Gasteiger partial charge is 0.267 e. The third-order valence-corrected chi connectivity index (χ3v) is 3.13. The largest absolute Gasteiger partial charge is 0.469 e. The van der Waals surface area contributed by atoms with Crippen LogP contribution in [0.3, 0.4) is 0 Å². The van der Waals surface area contributed by atoms with Crippen LogP contribution in [-0.4, -0.2) is 35.2 Å². The molecule has 23 heavy (non-hydrogen) atoms. The number of hydrogen-bond acceptors (Lipinski definition) is 5. The first kappa shape index (κ1) is 16.9. The Morgan fingerprint density at radius 3 is 2.57 bits per heavy atom. The van der Waals surface area contributed by atoms with Crippen molar-refractivity contribution >= 4 is 5.91 Å². The topological polar surface area (TPSA) is 87.3 Å². The lowest BCUT2D eigenvalue weighted by Gasteiger charge is -2.26. The molecule has 1 amide bonds. The first-order chi connectivity index (χ1) is 11.1. The fourth-order valence-corrected chi connectivity index (χ4v) is 1.98. The second-order valence-electron chi connectivity index (χ2n) is 4.93. The van der Waals surface area contributed by atoms with Gasteiger partial charge in [-0.1, -0.05) is 37.6 Å². The molecule has 0 saturated carbocycles. The molecule has 1 saturated heterocycles. The van der Waals surface area contributed by atoms with Crippen LogP contribution in [0.2, 0.25) is 0 Å². The lowest BCUT2D eigenvalue weighted by Crippen LogP contribution is -2.38. The van der Waals surface area contributed by atoms with Crippen LogP contribution >= 0.6 is 0 Å². The minimum Gasteiger partial charge on any atom is -0.469 e. The number of aromatic nitrogens is 2. The van der Waals surface area contributed by atoms with E-state index in [2.05, 4.69) is 9.97 Å². The van der Waals surface area contributed by atoms with Gasteiger partial charge in [0.2, 0.25) is 5.88 Å². The molecule has 6 nitrogen and oxygen atoms in total. The highest BCUT2D eigenvalue weighted by Crippen LogP contribution is 2.21. The predicted molar refractivity (Wildman–Crippen MR) is 87.3 cm³/mol. The van der Waals surface area contributed by atoms with Crippen molar-refractivity contribution in [3.05, 3.63) is 41.6 Å². The number of nitrogens with two attached hydrogens (primary N) is 1. The highest BCUT2D eigenvalue weighted by atomic mass is 16.6. The van der Waals surface area contributed by atoms with E-state index in [4.69, 9.17) is 15.2 Å². The Kier molecular flexibility index (Phi) is 5.65. The summed E-state index contributed by atoms with van der Waals surface area (Å²) in [6, 6.07) is 9.16. The van der Waals surface area contributed by atoms with Crippen molar-refractivity contribution in [3.63, 3.8) is 0 Å². The molecular weight excluding hydrogens is 294 g/mol. The predicted octanol–water partition coefficient (Wildman–Crippen LogP) is 2.35. The number of hydrogen-bond donors (Lipinski definition) is 1. The number of aryl methyl sites for hydroxylation is 1. The van der Waals surface area contributed by atoms with Gasteiger partial charge in [-0.15, -0.1) is 0 Å². The summed E-state index contributed by atoms with van der Waals surface area (Å²) in [5.74, 6) is 0.148. The van der Waals surface area contributed by atoms with Crippen molar-refractivity contribution in [1.82, 2.24) is 9.97 Å². The summed E-state index contributed by atoms with van der Waals surface area (Å²) >= 11 is 0. The second-order valence-corrected chi connectivity index (χ2v) is 4.93. The molecule has 3 rings (SSSR count). The quantitative estimate of drug-likeness (QED) is 0.935. The molecule has 1 aromatic carbocycles. The van der Waals surface area contributed by atoms with Crippen molar-refractivity contribution in [3.8, 4) is 17.3 Å². The maximum atomic E-state index is 11.4. The second kappa shape index (κ2) is 7.69. The molecule has 1 fully saturated rings.